The normalized spacial score (nSPS) is 17.6. The molecular formula is C18H26Br2N2O3. The van der Waals surface area contributed by atoms with Crippen molar-refractivity contribution in [2.75, 3.05) is 40.4 Å². The molecule has 1 aromatic carbocycles. The summed E-state index contributed by atoms with van der Waals surface area (Å²) in [5.41, 5.74) is 0.453. The molecule has 5 nitrogen and oxygen atoms in total. The number of likely N-dealkylation sites (tertiary alicyclic amines) is 1. The van der Waals surface area contributed by atoms with E-state index < -0.39 is 0 Å². The Kier molecular flexibility index (Phi) is 7.58. The summed E-state index contributed by atoms with van der Waals surface area (Å²) in [6.45, 7) is 7.68. The molecule has 1 aliphatic heterocycles. The van der Waals surface area contributed by atoms with Crippen LogP contribution in [0.2, 0.25) is 0 Å². The molecule has 25 heavy (non-hydrogen) atoms. The Balaban J connectivity index is 2.37. The van der Waals surface area contributed by atoms with Crippen molar-refractivity contribution in [2.45, 2.75) is 32.7 Å². The summed E-state index contributed by atoms with van der Waals surface area (Å²) in [7, 11) is 3.13. The fourth-order valence-corrected chi connectivity index (χ4v) is 4.95. The number of carbonyl (C=O) groups is 1. The van der Waals surface area contributed by atoms with Crippen LogP contribution in [0.25, 0.3) is 0 Å². The van der Waals surface area contributed by atoms with E-state index in [0.717, 1.165) is 35.0 Å². The number of amides is 1. The van der Waals surface area contributed by atoms with Gasteiger partial charge in [-0.3, -0.25) is 9.69 Å². The van der Waals surface area contributed by atoms with Crippen LogP contribution in [-0.4, -0.2) is 62.1 Å². The van der Waals surface area contributed by atoms with Gasteiger partial charge in [-0.2, -0.15) is 0 Å². The van der Waals surface area contributed by atoms with Crippen molar-refractivity contribution in [1.82, 2.24) is 9.80 Å². The van der Waals surface area contributed by atoms with Gasteiger partial charge in [0.2, 0.25) is 0 Å². The number of rotatable bonds is 7. The maximum absolute atomic E-state index is 13.3. The molecule has 1 aromatic rings. The minimum Gasteiger partial charge on any atom is -0.495 e. The zero-order valence-electron chi connectivity index (χ0n) is 15.3. The average molecular weight is 478 g/mol. The van der Waals surface area contributed by atoms with Crippen LogP contribution in [-0.2, 0) is 0 Å². The first kappa shape index (κ1) is 20.5. The smallest absolute Gasteiger partial charge is 0.261 e. The molecule has 1 atom stereocenters. The van der Waals surface area contributed by atoms with E-state index in [2.05, 4.69) is 43.7 Å². The molecule has 1 unspecified atom stereocenters. The van der Waals surface area contributed by atoms with E-state index in [4.69, 9.17) is 9.47 Å². The predicted octanol–water partition coefficient (Wildman–Crippen LogP) is 4.18. The van der Waals surface area contributed by atoms with Gasteiger partial charge in [0.25, 0.3) is 5.91 Å². The number of benzene rings is 1. The fourth-order valence-electron chi connectivity index (χ4n) is 3.46. The van der Waals surface area contributed by atoms with Crippen LogP contribution in [0, 0.1) is 0 Å². The maximum Gasteiger partial charge on any atom is 0.261 e. The fraction of sp³-hybridized carbons (Fsp3) is 0.611. The van der Waals surface area contributed by atoms with Crippen molar-refractivity contribution in [2.24, 2.45) is 0 Å². The molecule has 0 saturated carbocycles. The Morgan fingerprint density at radius 3 is 2.32 bits per heavy atom. The first-order chi connectivity index (χ1) is 12.0. The van der Waals surface area contributed by atoms with Gasteiger partial charge in [-0.15, -0.1) is 0 Å². The maximum atomic E-state index is 13.3. The summed E-state index contributed by atoms with van der Waals surface area (Å²) in [5, 5.41) is 0. The second-order valence-corrected chi connectivity index (χ2v) is 7.76. The number of likely N-dealkylation sites (N-methyl/N-ethyl adjacent to an activating group) is 2. The number of ether oxygens (including phenoxy) is 2. The standard InChI is InChI=1S/C18H26Br2N2O3/c1-5-21-9-7-8-12(21)11-22(6-2)18(23)15-16(24-3)13(19)10-14(20)17(15)25-4/h10,12H,5-9,11H2,1-4H3. The molecule has 1 amide bonds. The van der Waals surface area contributed by atoms with Crippen LogP contribution in [0.5, 0.6) is 11.5 Å². The summed E-state index contributed by atoms with van der Waals surface area (Å²) >= 11 is 6.96. The van der Waals surface area contributed by atoms with Gasteiger partial charge in [-0.1, -0.05) is 6.92 Å². The average Bonchev–Trinajstić information content (AvgIpc) is 3.05. The molecule has 0 aliphatic carbocycles. The first-order valence-electron chi connectivity index (χ1n) is 8.61. The van der Waals surface area contributed by atoms with Gasteiger partial charge in [-0.25, -0.2) is 0 Å². The molecule has 0 aromatic heterocycles. The summed E-state index contributed by atoms with van der Waals surface area (Å²) < 4.78 is 12.4. The Morgan fingerprint density at radius 2 is 1.84 bits per heavy atom. The highest BCUT2D eigenvalue weighted by Crippen LogP contribution is 2.42. The lowest BCUT2D eigenvalue weighted by atomic mass is 10.1. The monoisotopic (exact) mass is 476 g/mol. The number of methoxy groups -OCH3 is 2. The number of carbonyl (C=O) groups excluding carboxylic acids is 1. The van der Waals surface area contributed by atoms with Gasteiger partial charge in [-0.05, 0) is 70.8 Å². The van der Waals surface area contributed by atoms with E-state index in [-0.39, 0.29) is 5.91 Å². The third-order valence-corrected chi connectivity index (χ3v) is 5.95. The number of hydrogen-bond acceptors (Lipinski definition) is 4. The van der Waals surface area contributed by atoms with Gasteiger partial charge in [0.15, 0.2) is 0 Å². The molecule has 1 saturated heterocycles. The van der Waals surface area contributed by atoms with E-state index in [1.807, 2.05) is 17.9 Å². The van der Waals surface area contributed by atoms with Crippen molar-refractivity contribution < 1.29 is 14.3 Å². The van der Waals surface area contributed by atoms with Crippen molar-refractivity contribution in [3.63, 3.8) is 0 Å². The van der Waals surface area contributed by atoms with Crippen LogP contribution >= 0.6 is 31.9 Å². The molecule has 2 rings (SSSR count). The van der Waals surface area contributed by atoms with Crippen molar-refractivity contribution in [3.05, 3.63) is 20.6 Å². The molecular weight excluding hydrogens is 452 g/mol. The van der Waals surface area contributed by atoms with Crippen LogP contribution in [0.1, 0.15) is 37.0 Å². The summed E-state index contributed by atoms with van der Waals surface area (Å²) in [6, 6.07) is 2.25. The molecule has 0 bridgehead atoms. The summed E-state index contributed by atoms with van der Waals surface area (Å²) in [5.74, 6) is 0.936. The highest BCUT2D eigenvalue weighted by atomic mass is 79.9. The zero-order valence-corrected chi connectivity index (χ0v) is 18.4. The Morgan fingerprint density at radius 1 is 1.24 bits per heavy atom. The van der Waals surface area contributed by atoms with Crippen molar-refractivity contribution in [3.8, 4) is 11.5 Å². The molecule has 0 spiro atoms. The Bertz CT molecular complexity index is 597. The van der Waals surface area contributed by atoms with E-state index in [1.165, 1.54) is 6.42 Å². The predicted molar refractivity (Wildman–Crippen MR) is 107 cm³/mol. The van der Waals surface area contributed by atoms with Gasteiger partial charge in [0.05, 0.1) is 23.2 Å². The zero-order chi connectivity index (χ0) is 18.6. The lowest BCUT2D eigenvalue weighted by Gasteiger charge is -2.30. The molecule has 1 fully saturated rings. The second kappa shape index (κ2) is 9.24. The highest BCUT2D eigenvalue weighted by molar-refractivity contribution is 9.11. The molecule has 140 valence electrons. The van der Waals surface area contributed by atoms with Crippen LogP contribution in [0.15, 0.2) is 15.0 Å². The third kappa shape index (κ3) is 4.31. The SMILES string of the molecule is CCN(CC1CCCN1CC)C(=O)c1c(OC)c(Br)cc(Br)c1OC. The molecule has 1 heterocycles. The minimum absolute atomic E-state index is 0.0684. The number of hydrogen-bond donors (Lipinski definition) is 0. The highest BCUT2D eigenvalue weighted by Gasteiger charge is 2.31. The van der Waals surface area contributed by atoms with Crippen molar-refractivity contribution >= 4 is 37.8 Å². The van der Waals surface area contributed by atoms with Crippen molar-refractivity contribution in [1.29, 1.82) is 0 Å². The minimum atomic E-state index is -0.0684. The van der Waals surface area contributed by atoms with Crippen LogP contribution in [0.4, 0.5) is 0 Å². The topological polar surface area (TPSA) is 42.0 Å². The van der Waals surface area contributed by atoms with Gasteiger partial charge < -0.3 is 14.4 Å². The first-order valence-corrected chi connectivity index (χ1v) is 10.2. The van der Waals surface area contributed by atoms with E-state index in [0.29, 0.717) is 29.6 Å². The molecule has 7 heteroatoms. The van der Waals surface area contributed by atoms with Gasteiger partial charge in [0, 0.05) is 19.1 Å². The lowest BCUT2D eigenvalue weighted by Crippen LogP contribution is -2.43. The van der Waals surface area contributed by atoms with Gasteiger partial charge >= 0.3 is 0 Å². The quantitative estimate of drug-likeness (QED) is 0.590. The molecule has 0 radical (unpaired) electrons. The Labute approximate surface area is 166 Å². The van der Waals surface area contributed by atoms with Gasteiger partial charge in [0.1, 0.15) is 17.1 Å². The molecule has 0 N–H and O–H groups in total. The second-order valence-electron chi connectivity index (χ2n) is 6.05. The van der Waals surface area contributed by atoms with Crippen LogP contribution in [0.3, 0.4) is 0 Å². The number of nitrogens with zero attached hydrogens (tertiary/aromatic N) is 2. The van der Waals surface area contributed by atoms with E-state index in [9.17, 15) is 4.79 Å². The largest absolute Gasteiger partial charge is 0.495 e. The molecule has 1 aliphatic rings. The van der Waals surface area contributed by atoms with E-state index in [1.54, 1.807) is 14.2 Å². The summed E-state index contributed by atoms with van der Waals surface area (Å²) in [6.07, 6.45) is 2.33. The van der Waals surface area contributed by atoms with E-state index >= 15 is 0 Å². The summed E-state index contributed by atoms with van der Waals surface area (Å²) in [4.78, 5) is 17.7. The number of halogens is 2. The lowest BCUT2D eigenvalue weighted by molar-refractivity contribution is 0.0710. The van der Waals surface area contributed by atoms with Crippen LogP contribution < -0.4 is 9.47 Å². The third-order valence-electron chi connectivity index (χ3n) is 4.77. The Hall–Kier alpha value is -0.790.